The van der Waals surface area contributed by atoms with Gasteiger partial charge in [0.1, 0.15) is 11.6 Å². The van der Waals surface area contributed by atoms with E-state index in [0.29, 0.717) is 0 Å². The average Bonchev–Trinajstić information content (AvgIpc) is 2.75. The summed E-state index contributed by atoms with van der Waals surface area (Å²) < 4.78 is 5.48. The highest BCUT2D eigenvalue weighted by Crippen LogP contribution is 2.21. The number of unbranched alkanes of at least 4 members (excludes halogenated alkanes) is 3. The van der Waals surface area contributed by atoms with Gasteiger partial charge in [-0.05, 0) is 59.5 Å². The summed E-state index contributed by atoms with van der Waals surface area (Å²) in [4.78, 5) is 14.4. The Morgan fingerprint density at radius 2 is 1.95 bits per heavy atom. The summed E-state index contributed by atoms with van der Waals surface area (Å²) in [5, 5.41) is 8.73. The molecule has 0 aromatic carbocycles. The Balaban J connectivity index is 2.31. The topological polar surface area (TPSA) is 49.8 Å². The lowest BCUT2D eigenvalue weighted by molar-refractivity contribution is -0.160. The lowest BCUT2D eigenvalue weighted by Gasteiger charge is -2.27. The number of nitrogens with zero attached hydrogens (tertiary/aromatic N) is 1. The van der Waals surface area contributed by atoms with Gasteiger partial charge in [0.2, 0.25) is 0 Å². The third-order valence-electron chi connectivity index (χ3n) is 3.40. The predicted octanol–water partition coefficient (Wildman–Crippen LogP) is 2.35. The lowest BCUT2D eigenvalue weighted by atomic mass is 10.1. The average molecular weight is 271 g/mol. The van der Waals surface area contributed by atoms with Crippen LogP contribution in [-0.4, -0.2) is 47.3 Å². The fourth-order valence-electron chi connectivity index (χ4n) is 2.51. The van der Waals surface area contributed by atoms with Crippen LogP contribution in [0, 0.1) is 0 Å². The Hall–Kier alpha value is -0.610. The molecule has 0 amide bonds. The summed E-state index contributed by atoms with van der Waals surface area (Å²) in [6.45, 7) is 8.00. The van der Waals surface area contributed by atoms with E-state index in [0.717, 1.165) is 51.6 Å². The maximum absolute atomic E-state index is 12.1. The van der Waals surface area contributed by atoms with Crippen molar-refractivity contribution in [2.75, 3.05) is 19.7 Å². The maximum atomic E-state index is 12.1. The second-order valence-corrected chi connectivity index (χ2v) is 6.37. The second kappa shape index (κ2) is 7.85. The van der Waals surface area contributed by atoms with Crippen molar-refractivity contribution in [3.8, 4) is 0 Å². The first kappa shape index (κ1) is 16.4. The van der Waals surface area contributed by atoms with Crippen molar-refractivity contribution in [3.05, 3.63) is 0 Å². The van der Waals surface area contributed by atoms with Gasteiger partial charge in [-0.3, -0.25) is 9.69 Å². The smallest absolute Gasteiger partial charge is 0.323 e. The van der Waals surface area contributed by atoms with Crippen molar-refractivity contribution >= 4 is 5.97 Å². The SMILES string of the molecule is CC(C)(C)OC(=O)[C@H]1CCCN1CCCCCCO. The molecule has 1 aliphatic heterocycles. The van der Waals surface area contributed by atoms with Crippen molar-refractivity contribution in [1.82, 2.24) is 4.90 Å². The van der Waals surface area contributed by atoms with E-state index in [1.54, 1.807) is 0 Å². The van der Waals surface area contributed by atoms with Gasteiger partial charge < -0.3 is 9.84 Å². The molecule has 0 aromatic rings. The molecule has 19 heavy (non-hydrogen) atoms. The molecule has 0 unspecified atom stereocenters. The van der Waals surface area contributed by atoms with Gasteiger partial charge in [-0.1, -0.05) is 12.8 Å². The van der Waals surface area contributed by atoms with E-state index < -0.39 is 5.60 Å². The Kier molecular flexibility index (Phi) is 6.80. The molecule has 0 aliphatic carbocycles. The van der Waals surface area contributed by atoms with Gasteiger partial charge in [-0.2, -0.15) is 0 Å². The first-order chi connectivity index (χ1) is 8.94. The van der Waals surface area contributed by atoms with E-state index in [-0.39, 0.29) is 18.6 Å². The molecular formula is C15H29NO3. The quantitative estimate of drug-likeness (QED) is 0.570. The Morgan fingerprint density at radius 3 is 2.58 bits per heavy atom. The summed E-state index contributed by atoms with van der Waals surface area (Å²) >= 11 is 0. The lowest BCUT2D eigenvalue weighted by Crippen LogP contribution is -2.40. The van der Waals surface area contributed by atoms with Crippen LogP contribution in [0.1, 0.15) is 59.3 Å². The highest BCUT2D eigenvalue weighted by Gasteiger charge is 2.33. The molecule has 0 aromatic heterocycles. The van der Waals surface area contributed by atoms with E-state index in [1.807, 2.05) is 20.8 Å². The number of ether oxygens (including phenoxy) is 1. The highest BCUT2D eigenvalue weighted by molar-refractivity contribution is 5.76. The number of hydrogen-bond donors (Lipinski definition) is 1. The van der Waals surface area contributed by atoms with Crippen molar-refractivity contribution in [1.29, 1.82) is 0 Å². The molecule has 0 bridgehead atoms. The van der Waals surface area contributed by atoms with Crippen LogP contribution in [0.4, 0.5) is 0 Å². The minimum atomic E-state index is -0.396. The fraction of sp³-hybridized carbons (Fsp3) is 0.933. The van der Waals surface area contributed by atoms with Crippen molar-refractivity contribution < 1.29 is 14.6 Å². The van der Waals surface area contributed by atoms with E-state index in [4.69, 9.17) is 9.84 Å². The molecule has 1 fully saturated rings. The van der Waals surface area contributed by atoms with Crippen LogP contribution in [0.3, 0.4) is 0 Å². The van der Waals surface area contributed by atoms with Crippen molar-refractivity contribution in [2.45, 2.75) is 70.9 Å². The van der Waals surface area contributed by atoms with E-state index in [2.05, 4.69) is 4.90 Å². The summed E-state index contributed by atoms with van der Waals surface area (Å²) in [6.07, 6.45) is 6.18. The number of rotatable bonds is 7. The molecule has 1 N–H and O–H groups in total. The monoisotopic (exact) mass is 271 g/mol. The minimum absolute atomic E-state index is 0.0444. The molecule has 1 aliphatic rings. The third kappa shape index (κ3) is 6.39. The maximum Gasteiger partial charge on any atom is 0.323 e. The van der Waals surface area contributed by atoms with Gasteiger partial charge in [-0.15, -0.1) is 0 Å². The summed E-state index contributed by atoms with van der Waals surface area (Å²) in [7, 11) is 0. The Morgan fingerprint density at radius 1 is 1.26 bits per heavy atom. The van der Waals surface area contributed by atoms with E-state index >= 15 is 0 Å². The number of likely N-dealkylation sites (tertiary alicyclic amines) is 1. The summed E-state index contributed by atoms with van der Waals surface area (Å²) in [6, 6.07) is -0.0444. The molecule has 4 nitrogen and oxygen atoms in total. The summed E-state index contributed by atoms with van der Waals surface area (Å²) in [5.41, 5.74) is -0.396. The van der Waals surface area contributed by atoms with E-state index in [9.17, 15) is 4.79 Å². The molecule has 1 atom stereocenters. The van der Waals surface area contributed by atoms with E-state index in [1.165, 1.54) is 0 Å². The molecule has 0 spiro atoms. The van der Waals surface area contributed by atoms with Gasteiger partial charge in [0.15, 0.2) is 0 Å². The molecule has 112 valence electrons. The van der Waals surface area contributed by atoms with Crippen molar-refractivity contribution in [2.24, 2.45) is 0 Å². The van der Waals surface area contributed by atoms with Gasteiger partial charge in [0, 0.05) is 6.61 Å². The number of esters is 1. The standard InChI is InChI=1S/C15H29NO3/c1-15(2,3)19-14(18)13-9-8-11-16(13)10-6-4-5-7-12-17/h13,17H,4-12H2,1-3H3/t13-/m1/s1. The van der Waals surface area contributed by atoms with Crippen LogP contribution in [0.2, 0.25) is 0 Å². The van der Waals surface area contributed by atoms with Gasteiger partial charge in [-0.25, -0.2) is 0 Å². The number of carbonyl (C=O) groups excluding carboxylic acids is 1. The predicted molar refractivity (Wildman–Crippen MR) is 76.0 cm³/mol. The molecule has 0 radical (unpaired) electrons. The Labute approximate surface area is 117 Å². The van der Waals surface area contributed by atoms with Crippen molar-refractivity contribution in [3.63, 3.8) is 0 Å². The zero-order valence-corrected chi connectivity index (χ0v) is 12.7. The van der Waals surface area contributed by atoms with Crippen LogP contribution >= 0.6 is 0 Å². The molecule has 0 saturated carbocycles. The van der Waals surface area contributed by atoms with Gasteiger partial charge in [0.05, 0.1) is 0 Å². The van der Waals surface area contributed by atoms with Crippen LogP contribution in [0.5, 0.6) is 0 Å². The number of aliphatic hydroxyl groups excluding tert-OH is 1. The van der Waals surface area contributed by atoms with Crippen LogP contribution < -0.4 is 0 Å². The molecule has 1 heterocycles. The van der Waals surface area contributed by atoms with Crippen LogP contribution in [0.25, 0.3) is 0 Å². The number of aliphatic hydroxyl groups is 1. The highest BCUT2D eigenvalue weighted by atomic mass is 16.6. The minimum Gasteiger partial charge on any atom is -0.459 e. The molecule has 1 rings (SSSR count). The molecule has 1 saturated heterocycles. The third-order valence-corrected chi connectivity index (χ3v) is 3.40. The largest absolute Gasteiger partial charge is 0.459 e. The first-order valence-electron chi connectivity index (χ1n) is 7.52. The van der Waals surface area contributed by atoms with Gasteiger partial charge >= 0.3 is 5.97 Å². The Bertz CT molecular complexity index is 273. The zero-order valence-electron chi connectivity index (χ0n) is 12.7. The normalized spacial score (nSPS) is 20.7. The second-order valence-electron chi connectivity index (χ2n) is 6.37. The van der Waals surface area contributed by atoms with Crippen LogP contribution in [0.15, 0.2) is 0 Å². The van der Waals surface area contributed by atoms with Gasteiger partial charge in [0.25, 0.3) is 0 Å². The number of carbonyl (C=O) groups is 1. The van der Waals surface area contributed by atoms with Crippen LogP contribution in [-0.2, 0) is 9.53 Å². The number of hydrogen-bond acceptors (Lipinski definition) is 4. The molecular weight excluding hydrogens is 242 g/mol. The molecule has 4 heteroatoms. The first-order valence-corrected chi connectivity index (χ1v) is 7.52. The zero-order chi connectivity index (χ0) is 14.3. The summed E-state index contributed by atoms with van der Waals surface area (Å²) in [5.74, 6) is -0.0691. The fourth-order valence-corrected chi connectivity index (χ4v) is 2.51.